The summed E-state index contributed by atoms with van der Waals surface area (Å²) in [5, 5.41) is 11.0. The first kappa shape index (κ1) is 23.2. The van der Waals surface area contributed by atoms with Crippen LogP contribution < -0.4 is 9.46 Å². The molecule has 0 bridgehead atoms. The molecule has 3 aromatic carbocycles. The minimum absolute atomic E-state index is 0.0357. The van der Waals surface area contributed by atoms with Gasteiger partial charge in [0, 0.05) is 27.5 Å². The minimum atomic E-state index is -3.86. The maximum Gasteiger partial charge on any atom is 0.261 e. The Hall–Kier alpha value is -3.00. The van der Waals surface area contributed by atoms with Crippen molar-refractivity contribution in [3.8, 4) is 11.5 Å². The van der Waals surface area contributed by atoms with Crippen LogP contribution in [0.25, 0.3) is 6.08 Å². The lowest BCUT2D eigenvalue weighted by molar-refractivity contribution is 0.158. The van der Waals surface area contributed by atoms with Crippen molar-refractivity contribution in [1.29, 1.82) is 0 Å². The lowest BCUT2D eigenvalue weighted by atomic mass is 10.00. The zero-order valence-corrected chi connectivity index (χ0v) is 20.0. The molecule has 0 saturated carbocycles. The molecule has 0 unspecified atom stereocenters. The molecule has 0 saturated heterocycles. The number of hydrogen-bond acceptors (Lipinski definition) is 5. The average Bonchev–Trinajstić information content (AvgIpc) is 2.73. The molecule has 0 spiro atoms. The van der Waals surface area contributed by atoms with Crippen molar-refractivity contribution in [2.45, 2.75) is 24.3 Å². The molecule has 0 atom stereocenters. The van der Waals surface area contributed by atoms with E-state index in [2.05, 4.69) is 9.71 Å². The van der Waals surface area contributed by atoms with Crippen molar-refractivity contribution in [2.75, 3.05) is 4.72 Å². The van der Waals surface area contributed by atoms with Crippen LogP contribution in [0.2, 0.25) is 10.0 Å². The first-order valence-electron chi connectivity index (χ1n) is 9.90. The highest BCUT2D eigenvalue weighted by atomic mass is 35.5. The van der Waals surface area contributed by atoms with E-state index in [1.54, 1.807) is 36.4 Å². The molecule has 170 valence electrons. The van der Waals surface area contributed by atoms with Crippen LogP contribution in [0.3, 0.4) is 0 Å². The Morgan fingerprint density at radius 3 is 2.36 bits per heavy atom. The van der Waals surface area contributed by atoms with Crippen LogP contribution in [0.5, 0.6) is 11.5 Å². The zero-order chi connectivity index (χ0) is 23.8. The smallest absolute Gasteiger partial charge is 0.261 e. The minimum Gasteiger partial charge on any atom is -0.506 e. The van der Waals surface area contributed by atoms with Crippen molar-refractivity contribution >= 4 is 56.9 Å². The molecule has 0 aliphatic carbocycles. The molecule has 0 amide bonds. The quantitative estimate of drug-likeness (QED) is 0.393. The Morgan fingerprint density at radius 2 is 1.70 bits per heavy atom. The third-order valence-corrected chi connectivity index (χ3v) is 6.65. The van der Waals surface area contributed by atoms with Crippen molar-refractivity contribution < 1.29 is 18.3 Å². The van der Waals surface area contributed by atoms with Crippen LogP contribution in [-0.4, -0.2) is 25.3 Å². The lowest BCUT2D eigenvalue weighted by Gasteiger charge is -2.28. The Morgan fingerprint density at radius 1 is 1.03 bits per heavy atom. The van der Waals surface area contributed by atoms with Gasteiger partial charge in [-0.25, -0.2) is 8.42 Å². The first-order chi connectivity index (χ1) is 15.5. The van der Waals surface area contributed by atoms with Crippen molar-refractivity contribution in [1.82, 2.24) is 0 Å². The highest BCUT2D eigenvalue weighted by Gasteiger charge is 2.24. The molecular formula is C24H20Cl2N2O4S. The normalized spacial score (nSPS) is 14.7. The Kier molecular flexibility index (Phi) is 6.14. The predicted molar refractivity (Wildman–Crippen MR) is 133 cm³/mol. The number of fused-ring (bicyclic) bond motifs is 1. The van der Waals surface area contributed by atoms with Crippen LogP contribution in [0.1, 0.15) is 25.0 Å². The summed E-state index contributed by atoms with van der Waals surface area (Å²) in [5.41, 5.74) is 1.63. The monoisotopic (exact) mass is 502 g/mol. The third kappa shape index (κ3) is 5.33. The maximum atomic E-state index is 12.6. The third-order valence-electron chi connectivity index (χ3n) is 4.85. The van der Waals surface area contributed by atoms with Crippen LogP contribution >= 0.6 is 23.2 Å². The van der Waals surface area contributed by atoms with E-state index in [0.717, 1.165) is 0 Å². The van der Waals surface area contributed by atoms with Crippen LogP contribution in [-0.2, 0) is 10.0 Å². The van der Waals surface area contributed by atoms with E-state index in [1.807, 2.05) is 26.0 Å². The number of nitrogens with zero attached hydrogens (tertiary/aromatic N) is 1. The first-order valence-corrected chi connectivity index (χ1v) is 12.1. The Balaban J connectivity index is 1.50. The molecular weight excluding hydrogens is 483 g/mol. The van der Waals surface area contributed by atoms with Gasteiger partial charge >= 0.3 is 0 Å². The lowest BCUT2D eigenvalue weighted by Crippen LogP contribution is -2.27. The number of rotatable bonds is 5. The molecule has 0 aromatic heterocycles. The van der Waals surface area contributed by atoms with Crippen LogP contribution in [0.15, 0.2) is 70.6 Å². The number of ether oxygens (including phenoxy) is 1. The standard InChI is InChI=1S/C24H20Cl2N2O4S/c1-24(2)10-9-21-22(32-24)8-3-15(23(21)29)14-27-18-4-6-19(7-5-18)28-33(30,31)20-12-16(25)11-17(26)13-20/h3-14,28-29H,1-2H3/b27-14+. The van der Waals surface area contributed by atoms with Gasteiger partial charge in [0.25, 0.3) is 10.0 Å². The molecule has 0 radical (unpaired) electrons. The second kappa shape index (κ2) is 8.74. The molecule has 0 fully saturated rings. The van der Waals surface area contributed by atoms with Crippen LogP contribution in [0, 0.1) is 0 Å². The van der Waals surface area contributed by atoms with Crippen molar-refractivity contribution in [2.24, 2.45) is 4.99 Å². The molecule has 33 heavy (non-hydrogen) atoms. The van der Waals surface area contributed by atoms with E-state index < -0.39 is 15.6 Å². The Bertz CT molecular complexity index is 1360. The Labute approximate surface area is 202 Å². The predicted octanol–water partition coefficient (Wildman–Crippen LogP) is 6.43. The number of halogens is 2. The molecule has 1 aliphatic heterocycles. The number of sulfonamides is 1. The number of aliphatic imine (C=N–C) groups is 1. The summed E-state index contributed by atoms with van der Waals surface area (Å²) < 4.78 is 33.5. The van der Waals surface area contributed by atoms with E-state index in [1.165, 1.54) is 24.4 Å². The van der Waals surface area contributed by atoms with Gasteiger partial charge in [0.15, 0.2) is 0 Å². The second-order valence-corrected chi connectivity index (χ2v) is 10.5. The molecule has 9 heteroatoms. The fourth-order valence-corrected chi connectivity index (χ4v) is 5.00. The summed E-state index contributed by atoms with van der Waals surface area (Å²) >= 11 is 11.8. The molecule has 2 N–H and O–H groups in total. The van der Waals surface area contributed by atoms with Gasteiger partial charge in [0.2, 0.25) is 0 Å². The summed E-state index contributed by atoms with van der Waals surface area (Å²) in [6, 6.07) is 14.1. The van der Waals surface area contributed by atoms with Gasteiger partial charge in [0.1, 0.15) is 17.1 Å². The molecule has 3 aromatic rings. The van der Waals surface area contributed by atoms with Gasteiger partial charge in [0.05, 0.1) is 16.1 Å². The van der Waals surface area contributed by atoms with Gasteiger partial charge in [-0.2, -0.15) is 0 Å². The van der Waals surface area contributed by atoms with Gasteiger partial charge in [-0.1, -0.05) is 23.2 Å². The summed E-state index contributed by atoms with van der Waals surface area (Å²) in [7, 11) is -3.86. The van der Waals surface area contributed by atoms with E-state index >= 15 is 0 Å². The van der Waals surface area contributed by atoms with Crippen molar-refractivity contribution in [3.63, 3.8) is 0 Å². The average molecular weight is 503 g/mol. The number of benzene rings is 3. The zero-order valence-electron chi connectivity index (χ0n) is 17.7. The van der Waals surface area contributed by atoms with Crippen LogP contribution in [0.4, 0.5) is 11.4 Å². The van der Waals surface area contributed by atoms with E-state index in [4.69, 9.17) is 27.9 Å². The van der Waals surface area contributed by atoms with Gasteiger partial charge in [-0.05, 0) is 80.6 Å². The number of phenolic OH excluding ortho intramolecular Hbond substituents is 1. The SMILES string of the molecule is CC1(C)C=Cc2c(ccc(/C=N/c3ccc(NS(=O)(=O)c4cc(Cl)cc(Cl)c4)cc3)c2O)O1. The summed E-state index contributed by atoms with van der Waals surface area (Å²) in [6.45, 7) is 3.87. The number of phenols is 1. The fourth-order valence-electron chi connectivity index (χ4n) is 3.22. The second-order valence-electron chi connectivity index (χ2n) is 7.97. The topological polar surface area (TPSA) is 88.0 Å². The number of aromatic hydroxyl groups is 1. The van der Waals surface area contributed by atoms with Gasteiger partial charge < -0.3 is 9.84 Å². The highest BCUT2D eigenvalue weighted by molar-refractivity contribution is 7.92. The van der Waals surface area contributed by atoms with Crippen molar-refractivity contribution in [3.05, 3.63) is 81.8 Å². The van der Waals surface area contributed by atoms with E-state index in [0.29, 0.717) is 28.3 Å². The number of hydrogen-bond donors (Lipinski definition) is 2. The summed E-state index contributed by atoms with van der Waals surface area (Å²) in [4.78, 5) is 4.34. The molecule has 4 rings (SSSR count). The molecule has 1 heterocycles. The summed E-state index contributed by atoms with van der Waals surface area (Å²) in [6.07, 6.45) is 5.25. The maximum absolute atomic E-state index is 12.6. The fraction of sp³-hybridized carbons (Fsp3) is 0.125. The number of anilines is 1. The molecule has 6 nitrogen and oxygen atoms in total. The molecule has 1 aliphatic rings. The largest absolute Gasteiger partial charge is 0.506 e. The summed E-state index contributed by atoms with van der Waals surface area (Å²) in [5.74, 6) is 0.683. The van der Waals surface area contributed by atoms with Gasteiger partial charge in [-0.15, -0.1) is 0 Å². The van der Waals surface area contributed by atoms with E-state index in [9.17, 15) is 13.5 Å². The number of nitrogens with one attached hydrogen (secondary N) is 1. The van der Waals surface area contributed by atoms with E-state index in [-0.39, 0.29) is 20.7 Å². The van der Waals surface area contributed by atoms with Gasteiger partial charge in [-0.3, -0.25) is 9.71 Å². The highest BCUT2D eigenvalue weighted by Crippen LogP contribution is 2.38.